The predicted octanol–water partition coefficient (Wildman–Crippen LogP) is 2.60. The van der Waals surface area contributed by atoms with Gasteiger partial charge in [0, 0.05) is 20.7 Å². The number of likely N-dealkylation sites (N-methyl/N-ethyl adjacent to an activating group) is 1. The Bertz CT molecular complexity index is 1040. The van der Waals surface area contributed by atoms with Crippen molar-refractivity contribution in [3.05, 3.63) is 59.2 Å². The van der Waals surface area contributed by atoms with Crippen LogP contribution in [0.5, 0.6) is 0 Å². The lowest BCUT2D eigenvalue weighted by atomic mass is 9.59. The Morgan fingerprint density at radius 1 is 1.28 bits per heavy atom. The second-order valence-corrected chi connectivity index (χ2v) is 7.78. The lowest BCUT2D eigenvalue weighted by Gasteiger charge is -2.45. The van der Waals surface area contributed by atoms with E-state index in [1.54, 1.807) is 20.2 Å². The topological polar surface area (TPSA) is 91.7 Å². The van der Waals surface area contributed by atoms with Gasteiger partial charge >= 0.3 is 0 Å². The molecule has 0 bridgehead atoms. The number of nitriles is 1. The summed E-state index contributed by atoms with van der Waals surface area (Å²) < 4.78 is 5.68. The van der Waals surface area contributed by atoms with Gasteiger partial charge in [-0.05, 0) is 59.7 Å². The quantitative estimate of drug-likeness (QED) is 0.856. The molecule has 1 heterocycles. The Hall–Kier alpha value is -3.17. The minimum atomic E-state index is -0.669. The molecule has 2 unspecified atom stereocenters. The van der Waals surface area contributed by atoms with Gasteiger partial charge in [0.25, 0.3) is 0 Å². The van der Waals surface area contributed by atoms with E-state index in [2.05, 4.69) is 29.3 Å². The first-order chi connectivity index (χ1) is 14.0. The largest absolute Gasteiger partial charge is 0.381 e. The van der Waals surface area contributed by atoms with Crippen molar-refractivity contribution in [3.63, 3.8) is 0 Å². The average molecular weight is 388 g/mol. The number of carbonyl (C=O) groups excluding carboxylic acids is 1. The molecule has 2 aromatic carbocycles. The standard InChI is InChI=1S/C23H24N4O2/c1-27-21(28)23(13-19(29-2)8-9-26-22(27)25)12-18-7-6-17(11-20(18)23)16-5-3-4-15(10-16)14-24/h3-7,10-11,19H,8-9,12-13H2,1-2H3,(H2,25,26). The fourth-order valence-corrected chi connectivity index (χ4v) is 4.44. The third-order valence-corrected chi connectivity index (χ3v) is 6.13. The van der Waals surface area contributed by atoms with E-state index in [0.717, 1.165) is 28.7 Å². The summed E-state index contributed by atoms with van der Waals surface area (Å²) in [6, 6.07) is 15.9. The van der Waals surface area contributed by atoms with Crippen molar-refractivity contribution >= 4 is 11.9 Å². The van der Waals surface area contributed by atoms with Crippen LogP contribution in [0.3, 0.4) is 0 Å². The highest BCUT2D eigenvalue weighted by molar-refractivity contribution is 6.03. The number of methoxy groups -OCH3 is 1. The third-order valence-electron chi connectivity index (χ3n) is 6.13. The third kappa shape index (κ3) is 3.18. The van der Waals surface area contributed by atoms with Crippen LogP contribution in [0.4, 0.5) is 0 Å². The monoisotopic (exact) mass is 388 g/mol. The van der Waals surface area contributed by atoms with Gasteiger partial charge < -0.3 is 10.5 Å². The lowest BCUT2D eigenvalue weighted by Crippen LogP contribution is -2.56. The second-order valence-electron chi connectivity index (χ2n) is 7.78. The van der Waals surface area contributed by atoms with Crippen LogP contribution in [-0.4, -0.2) is 43.6 Å². The van der Waals surface area contributed by atoms with Crippen LogP contribution >= 0.6 is 0 Å². The minimum absolute atomic E-state index is 0.0434. The van der Waals surface area contributed by atoms with E-state index < -0.39 is 5.41 Å². The molecule has 6 heteroatoms. The molecule has 0 saturated heterocycles. The van der Waals surface area contributed by atoms with E-state index in [0.29, 0.717) is 24.9 Å². The Balaban J connectivity index is 1.79. The molecular formula is C23H24N4O2. The van der Waals surface area contributed by atoms with Crippen molar-refractivity contribution in [2.24, 2.45) is 10.7 Å². The first-order valence-electron chi connectivity index (χ1n) is 9.73. The van der Waals surface area contributed by atoms with Gasteiger partial charge in [-0.3, -0.25) is 14.7 Å². The number of guanidine groups is 1. The molecule has 0 fully saturated rings. The highest BCUT2D eigenvalue weighted by atomic mass is 16.5. The van der Waals surface area contributed by atoms with Gasteiger partial charge in [-0.2, -0.15) is 5.26 Å². The number of carbonyl (C=O) groups is 1. The highest BCUT2D eigenvalue weighted by Crippen LogP contribution is 2.48. The number of ether oxygens (including phenoxy) is 1. The molecule has 2 atom stereocenters. The van der Waals surface area contributed by atoms with Gasteiger partial charge in [-0.25, -0.2) is 0 Å². The van der Waals surface area contributed by atoms with Crippen molar-refractivity contribution in [2.45, 2.75) is 30.8 Å². The van der Waals surface area contributed by atoms with E-state index in [9.17, 15) is 10.1 Å². The molecular weight excluding hydrogens is 364 g/mol. The number of fused-ring (bicyclic) bond motifs is 2. The maximum atomic E-state index is 13.5. The van der Waals surface area contributed by atoms with E-state index in [1.165, 1.54) is 4.90 Å². The zero-order valence-corrected chi connectivity index (χ0v) is 16.7. The lowest BCUT2D eigenvalue weighted by molar-refractivity contribution is -0.135. The molecule has 0 radical (unpaired) electrons. The molecule has 1 spiro atoms. The number of benzene rings is 2. The van der Waals surface area contributed by atoms with E-state index in [1.807, 2.05) is 18.2 Å². The maximum absolute atomic E-state index is 13.5. The number of rotatable bonds is 2. The molecule has 1 aliphatic heterocycles. The number of amides is 1. The molecule has 2 aromatic rings. The predicted molar refractivity (Wildman–Crippen MR) is 111 cm³/mol. The van der Waals surface area contributed by atoms with Crippen LogP contribution in [0.15, 0.2) is 47.5 Å². The molecule has 0 saturated carbocycles. The highest BCUT2D eigenvalue weighted by Gasteiger charge is 2.52. The number of hydrogen-bond donors (Lipinski definition) is 1. The van der Waals surface area contributed by atoms with Crippen LogP contribution in [0, 0.1) is 11.3 Å². The van der Waals surface area contributed by atoms with Gasteiger partial charge in [0.15, 0.2) is 5.96 Å². The van der Waals surface area contributed by atoms with Crippen LogP contribution < -0.4 is 5.73 Å². The van der Waals surface area contributed by atoms with Gasteiger partial charge in [0.1, 0.15) is 0 Å². The SMILES string of the molecule is COC1CCN=C(N)N(C)C(=O)C2(Cc3ccc(-c4cccc(C#N)c4)cc32)C1. The molecule has 2 N–H and O–H groups in total. The molecule has 148 valence electrons. The maximum Gasteiger partial charge on any atom is 0.240 e. The molecule has 2 aliphatic rings. The zero-order valence-electron chi connectivity index (χ0n) is 16.7. The summed E-state index contributed by atoms with van der Waals surface area (Å²) in [5.74, 6) is 0.204. The average Bonchev–Trinajstić information content (AvgIpc) is 2.78. The van der Waals surface area contributed by atoms with Crippen LogP contribution in [-0.2, 0) is 21.4 Å². The van der Waals surface area contributed by atoms with E-state index >= 15 is 0 Å². The fourth-order valence-electron chi connectivity index (χ4n) is 4.44. The second kappa shape index (κ2) is 7.34. The molecule has 29 heavy (non-hydrogen) atoms. The van der Waals surface area contributed by atoms with Crippen LogP contribution in [0.25, 0.3) is 11.1 Å². The van der Waals surface area contributed by atoms with Gasteiger partial charge in [0.2, 0.25) is 5.91 Å². The Morgan fingerprint density at radius 3 is 2.83 bits per heavy atom. The van der Waals surface area contributed by atoms with Crippen molar-refractivity contribution in [1.82, 2.24) is 4.90 Å². The summed E-state index contributed by atoms with van der Waals surface area (Å²) in [6.07, 6.45) is 1.92. The van der Waals surface area contributed by atoms with Crippen molar-refractivity contribution in [1.29, 1.82) is 5.26 Å². The van der Waals surface area contributed by atoms with E-state index in [-0.39, 0.29) is 18.0 Å². The first-order valence-corrected chi connectivity index (χ1v) is 9.73. The van der Waals surface area contributed by atoms with Crippen molar-refractivity contribution in [3.8, 4) is 17.2 Å². The van der Waals surface area contributed by atoms with E-state index in [4.69, 9.17) is 10.5 Å². The smallest absolute Gasteiger partial charge is 0.240 e. The molecule has 1 aliphatic carbocycles. The van der Waals surface area contributed by atoms with Crippen LogP contribution in [0.1, 0.15) is 29.5 Å². The van der Waals surface area contributed by atoms with Crippen LogP contribution in [0.2, 0.25) is 0 Å². The number of hydrogen-bond acceptors (Lipinski definition) is 5. The molecule has 4 rings (SSSR count). The normalized spacial score (nSPS) is 23.9. The van der Waals surface area contributed by atoms with Gasteiger partial charge in [-0.1, -0.05) is 24.3 Å². The first kappa shape index (κ1) is 19.2. The Labute approximate surface area is 170 Å². The Morgan fingerprint density at radius 2 is 2.07 bits per heavy atom. The number of nitrogens with zero attached hydrogens (tertiary/aromatic N) is 3. The molecule has 0 aromatic heterocycles. The summed E-state index contributed by atoms with van der Waals surface area (Å²) in [5, 5.41) is 9.21. The van der Waals surface area contributed by atoms with Gasteiger partial charge in [-0.15, -0.1) is 0 Å². The summed E-state index contributed by atoms with van der Waals surface area (Å²) in [4.78, 5) is 19.3. The summed E-state index contributed by atoms with van der Waals surface area (Å²) in [7, 11) is 3.37. The summed E-state index contributed by atoms with van der Waals surface area (Å²) >= 11 is 0. The minimum Gasteiger partial charge on any atom is -0.381 e. The van der Waals surface area contributed by atoms with Gasteiger partial charge in [0.05, 0.1) is 23.2 Å². The number of nitrogens with two attached hydrogens (primary N) is 1. The molecule has 1 amide bonds. The Kier molecular flexibility index (Phi) is 4.85. The molecule has 6 nitrogen and oxygen atoms in total. The summed E-state index contributed by atoms with van der Waals surface area (Å²) in [6.45, 7) is 0.534. The zero-order chi connectivity index (χ0) is 20.6. The summed E-state index contributed by atoms with van der Waals surface area (Å²) in [5.41, 5.74) is 10.1. The number of aliphatic imine (C=N–C) groups is 1. The van der Waals surface area contributed by atoms with Crippen molar-refractivity contribution < 1.29 is 9.53 Å². The van der Waals surface area contributed by atoms with Crippen molar-refractivity contribution in [2.75, 3.05) is 20.7 Å². The fraction of sp³-hybridized carbons (Fsp3) is 0.348.